The molecule has 0 bridgehead atoms. The molecule has 2 N–H and O–H groups in total. The fourth-order valence-corrected chi connectivity index (χ4v) is 4.41. The van der Waals surface area contributed by atoms with Gasteiger partial charge in [-0.2, -0.15) is 0 Å². The van der Waals surface area contributed by atoms with Gasteiger partial charge in [0.15, 0.2) is 6.67 Å². The van der Waals surface area contributed by atoms with Gasteiger partial charge >= 0.3 is 0 Å². The number of aromatic nitrogens is 1. The van der Waals surface area contributed by atoms with Gasteiger partial charge in [-0.05, 0) is 18.9 Å². The van der Waals surface area contributed by atoms with E-state index in [1.807, 2.05) is 18.3 Å². The molecular weight excluding hydrogens is 304 g/mol. The highest BCUT2D eigenvalue weighted by Gasteiger charge is 2.49. The zero-order chi connectivity index (χ0) is 16.5. The predicted molar refractivity (Wildman–Crippen MR) is 88.1 cm³/mol. The van der Waals surface area contributed by atoms with Crippen LogP contribution >= 0.6 is 0 Å². The van der Waals surface area contributed by atoms with E-state index in [4.69, 9.17) is 0 Å². The average Bonchev–Trinajstić information content (AvgIpc) is 2.88. The predicted octanol–water partition coefficient (Wildman–Crippen LogP) is -0.662. The van der Waals surface area contributed by atoms with E-state index in [0.29, 0.717) is 6.67 Å². The maximum Gasteiger partial charge on any atom is 0.274 e. The van der Waals surface area contributed by atoms with E-state index in [1.165, 1.54) is 4.90 Å². The van der Waals surface area contributed by atoms with Crippen molar-refractivity contribution in [1.29, 1.82) is 0 Å². The number of hydrogen-bond donors (Lipinski definition) is 1. The van der Waals surface area contributed by atoms with Crippen LogP contribution in [0.4, 0.5) is 5.82 Å². The van der Waals surface area contributed by atoms with Gasteiger partial charge in [0.25, 0.3) is 5.82 Å². The summed E-state index contributed by atoms with van der Waals surface area (Å²) in [5.74, 6) is 1.28. The van der Waals surface area contributed by atoms with Gasteiger partial charge in [-0.15, -0.1) is 0 Å². The zero-order valence-electron chi connectivity index (χ0n) is 14.0. The monoisotopic (exact) mass is 330 g/mol. The molecule has 2 atom stereocenters. The largest absolute Gasteiger partial charge is 0.311 e. The second-order valence-electron chi connectivity index (χ2n) is 7.24. The lowest BCUT2D eigenvalue weighted by Crippen LogP contribution is -3.16. The molecule has 0 unspecified atom stereocenters. The van der Waals surface area contributed by atoms with Crippen LogP contribution in [-0.4, -0.2) is 49.6 Å². The van der Waals surface area contributed by atoms with E-state index < -0.39 is 0 Å². The summed E-state index contributed by atoms with van der Waals surface area (Å²) in [5, 5.41) is 0. The number of H-pyrrole nitrogens is 1. The van der Waals surface area contributed by atoms with Crippen molar-refractivity contribution in [3.8, 4) is 0 Å². The SMILES string of the molecule is O=C1[C@H]2CCCC[C@@H]2C(=O)N1C[NH+]1CCN(c2cccc[nH+]2)CC1. The van der Waals surface area contributed by atoms with Crippen molar-refractivity contribution >= 4 is 17.6 Å². The average molecular weight is 330 g/mol. The van der Waals surface area contributed by atoms with E-state index in [1.54, 1.807) is 4.90 Å². The molecule has 0 aromatic carbocycles. The van der Waals surface area contributed by atoms with Gasteiger partial charge in [-0.1, -0.05) is 18.9 Å². The molecule has 6 heteroatoms. The Morgan fingerprint density at radius 3 is 2.29 bits per heavy atom. The lowest BCUT2D eigenvalue weighted by molar-refractivity contribution is -0.908. The van der Waals surface area contributed by atoms with Crippen LogP contribution in [-0.2, 0) is 9.59 Å². The molecule has 2 amide bonds. The summed E-state index contributed by atoms with van der Waals surface area (Å²) in [6, 6.07) is 6.10. The topological polar surface area (TPSA) is 59.2 Å². The first-order valence-corrected chi connectivity index (χ1v) is 9.14. The van der Waals surface area contributed by atoms with E-state index in [-0.39, 0.29) is 23.7 Å². The summed E-state index contributed by atoms with van der Waals surface area (Å²) in [7, 11) is 0. The quantitative estimate of drug-likeness (QED) is 0.749. The zero-order valence-corrected chi connectivity index (χ0v) is 14.0. The molecule has 1 aliphatic carbocycles. The Morgan fingerprint density at radius 2 is 1.71 bits per heavy atom. The van der Waals surface area contributed by atoms with Crippen LogP contribution in [0.3, 0.4) is 0 Å². The van der Waals surface area contributed by atoms with Crippen LogP contribution in [0.25, 0.3) is 0 Å². The summed E-state index contributed by atoms with van der Waals surface area (Å²) >= 11 is 0. The molecule has 3 heterocycles. The van der Waals surface area contributed by atoms with E-state index in [2.05, 4.69) is 16.0 Å². The molecule has 3 fully saturated rings. The number of rotatable bonds is 3. The third-order valence-electron chi connectivity index (χ3n) is 5.82. The van der Waals surface area contributed by atoms with Gasteiger partial charge in [0.1, 0.15) is 26.2 Å². The van der Waals surface area contributed by atoms with Crippen molar-refractivity contribution in [2.45, 2.75) is 25.7 Å². The Balaban J connectivity index is 1.35. The summed E-state index contributed by atoms with van der Waals surface area (Å²) in [6.07, 6.45) is 5.93. The Labute approximate surface area is 142 Å². The van der Waals surface area contributed by atoms with Crippen LogP contribution in [0.1, 0.15) is 25.7 Å². The Morgan fingerprint density at radius 1 is 1.04 bits per heavy atom. The molecule has 2 saturated heterocycles. The third-order valence-corrected chi connectivity index (χ3v) is 5.82. The Kier molecular flexibility index (Phi) is 4.22. The molecule has 1 aromatic heterocycles. The second-order valence-corrected chi connectivity index (χ2v) is 7.24. The molecule has 4 rings (SSSR count). The molecule has 3 aliphatic rings. The van der Waals surface area contributed by atoms with Crippen LogP contribution in [0.5, 0.6) is 0 Å². The lowest BCUT2D eigenvalue weighted by Gasteiger charge is -2.30. The fraction of sp³-hybridized carbons (Fsp3) is 0.611. The maximum absolute atomic E-state index is 12.6. The van der Waals surface area contributed by atoms with Crippen molar-refractivity contribution in [3.05, 3.63) is 24.4 Å². The normalized spacial score (nSPS) is 28.3. The molecule has 128 valence electrons. The number of aromatic amines is 1. The molecule has 1 aromatic rings. The van der Waals surface area contributed by atoms with E-state index in [9.17, 15) is 9.59 Å². The third kappa shape index (κ3) is 2.79. The number of anilines is 1. The highest BCUT2D eigenvalue weighted by Crippen LogP contribution is 2.37. The minimum atomic E-state index is -0.0224. The Bertz CT molecular complexity index is 589. The minimum Gasteiger partial charge on any atom is -0.311 e. The van der Waals surface area contributed by atoms with Crippen LogP contribution in [0, 0.1) is 11.8 Å². The van der Waals surface area contributed by atoms with Crippen molar-refractivity contribution in [2.24, 2.45) is 11.8 Å². The van der Waals surface area contributed by atoms with Gasteiger partial charge in [0.05, 0.1) is 18.0 Å². The van der Waals surface area contributed by atoms with Crippen molar-refractivity contribution in [3.63, 3.8) is 0 Å². The first kappa shape index (κ1) is 15.6. The number of quaternary nitrogens is 1. The van der Waals surface area contributed by atoms with Crippen LogP contribution < -0.4 is 14.8 Å². The fourth-order valence-electron chi connectivity index (χ4n) is 4.41. The first-order chi connectivity index (χ1) is 11.7. The van der Waals surface area contributed by atoms with Gasteiger partial charge in [-0.3, -0.25) is 14.5 Å². The number of hydrogen-bond acceptors (Lipinski definition) is 3. The summed E-state index contributed by atoms with van der Waals surface area (Å²) < 4.78 is 0. The van der Waals surface area contributed by atoms with Gasteiger partial charge in [-0.25, -0.2) is 9.88 Å². The molecular formula is C18H26N4O2+2. The number of carbonyl (C=O) groups excluding carboxylic acids is 2. The standard InChI is InChI=1S/C18H24N4O2/c23-17-14-5-1-2-6-15(14)18(24)22(17)13-20-9-11-21(12-10-20)16-7-3-4-8-19-16/h3-4,7-8,14-15H,1-2,5-6,9-13H2/p+2/t14-,15-/m0/s1. The number of amides is 2. The molecule has 6 nitrogen and oxygen atoms in total. The number of imide groups is 1. The lowest BCUT2D eigenvalue weighted by atomic mass is 9.81. The number of fused-ring (bicyclic) bond motifs is 1. The summed E-state index contributed by atoms with van der Waals surface area (Å²) in [4.78, 5) is 33.7. The number of carbonyl (C=O) groups is 2. The van der Waals surface area contributed by atoms with Gasteiger partial charge < -0.3 is 4.90 Å². The molecule has 24 heavy (non-hydrogen) atoms. The molecule has 0 radical (unpaired) electrons. The number of nitrogens with one attached hydrogen (secondary N) is 2. The molecule has 2 aliphatic heterocycles. The van der Waals surface area contributed by atoms with Crippen LogP contribution in [0.15, 0.2) is 24.4 Å². The Hall–Kier alpha value is -1.95. The van der Waals surface area contributed by atoms with E-state index in [0.717, 1.165) is 57.7 Å². The second kappa shape index (κ2) is 6.51. The maximum atomic E-state index is 12.6. The van der Waals surface area contributed by atoms with Gasteiger partial charge in [0, 0.05) is 6.07 Å². The molecule has 0 spiro atoms. The number of piperazine rings is 1. The van der Waals surface area contributed by atoms with Crippen molar-refractivity contribution in [1.82, 2.24) is 4.90 Å². The smallest absolute Gasteiger partial charge is 0.274 e. The van der Waals surface area contributed by atoms with E-state index >= 15 is 0 Å². The number of likely N-dealkylation sites (tertiary alicyclic amines) is 1. The van der Waals surface area contributed by atoms with Crippen molar-refractivity contribution in [2.75, 3.05) is 37.7 Å². The number of pyridine rings is 1. The highest BCUT2D eigenvalue weighted by atomic mass is 16.2. The highest BCUT2D eigenvalue weighted by molar-refractivity contribution is 6.05. The van der Waals surface area contributed by atoms with Crippen LogP contribution in [0.2, 0.25) is 0 Å². The number of nitrogens with zero attached hydrogens (tertiary/aromatic N) is 2. The molecule has 1 saturated carbocycles. The summed E-state index contributed by atoms with van der Waals surface area (Å²) in [5.41, 5.74) is 0. The summed E-state index contributed by atoms with van der Waals surface area (Å²) in [6.45, 7) is 4.35. The van der Waals surface area contributed by atoms with Gasteiger partial charge in [0.2, 0.25) is 11.8 Å². The first-order valence-electron chi connectivity index (χ1n) is 9.14. The minimum absolute atomic E-state index is 0.0224. The van der Waals surface area contributed by atoms with Crippen molar-refractivity contribution < 1.29 is 19.5 Å².